The Morgan fingerprint density at radius 3 is 2.34 bits per heavy atom. The molecule has 0 aromatic heterocycles. The van der Waals surface area contributed by atoms with Crippen LogP contribution >= 0.6 is 0 Å². The van der Waals surface area contributed by atoms with E-state index in [0.717, 1.165) is 17.7 Å². The standard InChI is InChI=1S/C27H22F3NO4/c1-16-9-11-18(12-10-16)24(32)22-23(19-6-4-8-21(14-19)35-2)31(26(34)25(22)33)15-17-5-3-7-20(13-17)27(28,29)30/h3-14,23,32H,15H2,1-2H3/b24-22+. The number of benzene rings is 3. The average molecular weight is 481 g/mol. The summed E-state index contributed by atoms with van der Waals surface area (Å²) in [6.45, 7) is 1.61. The summed E-state index contributed by atoms with van der Waals surface area (Å²) in [6.07, 6.45) is -4.55. The van der Waals surface area contributed by atoms with Crippen LogP contribution in [-0.2, 0) is 22.3 Å². The molecule has 5 nitrogen and oxygen atoms in total. The molecule has 1 N–H and O–H groups in total. The predicted molar refractivity (Wildman–Crippen MR) is 123 cm³/mol. The van der Waals surface area contributed by atoms with Crippen molar-refractivity contribution in [2.75, 3.05) is 7.11 Å². The zero-order chi connectivity index (χ0) is 25.3. The third kappa shape index (κ3) is 4.77. The topological polar surface area (TPSA) is 66.8 Å². The molecule has 0 radical (unpaired) electrons. The summed E-state index contributed by atoms with van der Waals surface area (Å²) in [5.41, 5.74) is 0.967. The van der Waals surface area contributed by atoms with Crippen LogP contribution in [-0.4, -0.2) is 28.8 Å². The molecular formula is C27H22F3NO4. The lowest BCUT2D eigenvalue weighted by atomic mass is 9.94. The molecule has 0 aliphatic carbocycles. The Bertz CT molecular complexity index is 1310. The number of rotatable bonds is 5. The third-order valence-electron chi connectivity index (χ3n) is 5.88. The molecule has 3 aromatic carbocycles. The van der Waals surface area contributed by atoms with Gasteiger partial charge in [0.25, 0.3) is 11.7 Å². The lowest BCUT2D eigenvalue weighted by Crippen LogP contribution is -2.29. The molecule has 1 aliphatic rings. The van der Waals surface area contributed by atoms with Gasteiger partial charge in [0.15, 0.2) is 0 Å². The van der Waals surface area contributed by atoms with E-state index in [1.165, 1.54) is 24.1 Å². The molecule has 3 aromatic rings. The number of amides is 1. The van der Waals surface area contributed by atoms with Crippen LogP contribution in [0.3, 0.4) is 0 Å². The average Bonchev–Trinajstić information content (AvgIpc) is 3.08. The van der Waals surface area contributed by atoms with Crippen LogP contribution in [0.15, 0.2) is 78.4 Å². The molecule has 1 saturated heterocycles. The van der Waals surface area contributed by atoms with Gasteiger partial charge in [-0.05, 0) is 42.3 Å². The number of carbonyl (C=O) groups is 2. The van der Waals surface area contributed by atoms with Gasteiger partial charge in [0, 0.05) is 12.1 Å². The predicted octanol–water partition coefficient (Wildman–Crippen LogP) is 5.64. The van der Waals surface area contributed by atoms with Gasteiger partial charge in [-0.2, -0.15) is 13.2 Å². The number of aliphatic hydroxyl groups is 1. The summed E-state index contributed by atoms with van der Waals surface area (Å²) in [5, 5.41) is 11.1. The summed E-state index contributed by atoms with van der Waals surface area (Å²) >= 11 is 0. The number of hydrogen-bond donors (Lipinski definition) is 1. The molecule has 35 heavy (non-hydrogen) atoms. The molecule has 1 unspecified atom stereocenters. The minimum Gasteiger partial charge on any atom is -0.507 e. The minimum atomic E-state index is -4.55. The van der Waals surface area contributed by atoms with Crippen molar-refractivity contribution < 1.29 is 32.6 Å². The second-order valence-electron chi connectivity index (χ2n) is 8.27. The summed E-state index contributed by atoms with van der Waals surface area (Å²) in [7, 11) is 1.46. The maximum absolute atomic E-state index is 13.2. The van der Waals surface area contributed by atoms with Crippen molar-refractivity contribution in [3.05, 3.63) is 106 Å². The molecule has 1 amide bonds. The summed E-state index contributed by atoms with van der Waals surface area (Å²) < 4.78 is 45.0. The van der Waals surface area contributed by atoms with E-state index in [-0.39, 0.29) is 23.4 Å². The smallest absolute Gasteiger partial charge is 0.416 e. The van der Waals surface area contributed by atoms with Crippen molar-refractivity contribution >= 4 is 17.4 Å². The summed E-state index contributed by atoms with van der Waals surface area (Å²) in [4.78, 5) is 27.4. The Labute approximate surface area is 200 Å². The third-order valence-corrected chi connectivity index (χ3v) is 5.88. The van der Waals surface area contributed by atoms with Crippen LogP contribution in [0.1, 0.15) is 33.9 Å². The van der Waals surface area contributed by atoms with Crippen LogP contribution in [0, 0.1) is 6.92 Å². The lowest BCUT2D eigenvalue weighted by molar-refractivity contribution is -0.140. The van der Waals surface area contributed by atoms with E-state index in [2.05, 4.69) is 0 Å². The number of aliphatic hydroxyl groups excluding tert-OH is 1. The van der Waals surface area contributed by atoms with Gasteiger partial charge in [-0.15, -0.1) is 0 Å². The summed E-state index contributed by atoms with van der Waals surface area (Å²) in [5.74, 6) is -1.73. The van der Waals surface area contributed by atoms with E-state index in [1.807, 2.05) is 6.92 Å². The van der Waals surface area contributed by atoms with Gasteiger partial charge in [0.05, 0.1) is 24.3 Å². The van der Waals surface area contributed by atoms with Gasteiger partial charge in [-0.1, -0.05) is 54.1 Å². The fourth-order valence-electron chi connectivity index (χ4n) is 4.11. The molecule has 0 spiro atoms. The molecule has 1 atom stereocenters. The number of likely N-dealkylation sites (tertiary alicyclic amines) is 1. The Balaban J connectivity index is 1.85. The highest BCUT2D eigenvalue weighted by Gasteiger charge is 2.46. The van der Waals surface area contributed by atoms with Gasteiger partial charge >= 0.3 is 6.18 Å². The van der Waals surface area contributed by atoms with Crippen molar-refractivity contribution in [2.45, 2.75) is 25.7 Å². The van der Waals surface area contributed by atoms with Crippen molar-refractivity contribution in [1.82, 2.24) is 4.90 Å². The summed E-state index contributed by atoms with van der Waals surface area (Å²) in [6, 6.07) is 17.0. The van der Waals surface area contributed by atoms with Gasteiger partial charge in [-0.25, -0.2) is 0 Å². The molecule has 0 saturated carbocycles. The van der Waals surface area contributed by atoms with Crippen LogP contribution in [0.25, 0.3) is 5.76 Å². The molecule has 4 rings (SSSR count). The van der Waals surface area contributed by atoms with Crippen molar-refractivity contribution in [2.24, 2.45) is 0 Å². The number of hydrogen-bond acceptors (Lipinski definition) is 4. The fraction of sp³-hybridized carbons (Fsp3) is 0.185. The first kappa shape index (κ1) is 24.1. The highest BCUT2D eigenvalue weighted by atomic mass is 19.4. The molecule has 1 fully saturated rings. The second-order valence-corrected chi connectivity index (χ2v) is 8.27. The second kappa shape index (κ2) is 9.29. The molecule has 1 heterocycles. The maximum atomic E-state index is 13.2. The van der Waals surface area contributed by atoms with Gasteiger partial charge in [0.1, 0.15) is 11.5 Å². The largest absolute Gasteiger partial charge is 0.507 e. The van der Waals surface area contributed by atoms with Crippen LogP contribution in [0.5, 0.6) is 5.75 Å². The Morgan fingerprint density at radius 1 is 1.00 bits per heavy atom. The van der Waals surface area contributed by atoms with E-state index in [1.54, 1.807) is 48.5 Å². The minimum absolute atomic E-state index is 0.140. The Morgan fingerprint density at radius 2 is 1.69 bits per heavy atom. The number of ether oxygens (including phenoxy) is 1. The van der Waals surface area contributed by atoms with E-state index in [4.69, 9.17) is 4.74 Å². The van der Waals surface area contributed by atoms with E-state index >= 15 is 0 Å². The number of Topliss-reactive ketones (excluding diaryl/α,β-unsaturated/α-hetero) is 1. The Kier molecular flexibility index (Phi) is 6.39. The molecular weight excluding hydrogens is 459 g/mol. The molecule has 180 valence electrons. The highest BCUT2D eigenvalue weighted by molar-refractivity contribution is 6.46. The number of halogens is 3. The first-order chi connectivity index (χ1) is 16.6. The lowest BCUT2D eigenvalue weighted by Gasteiger charge is -2.26. The fourth-order valence-corrected chi connectivity index (χ4v) is 4.11. The molecule has 0 bridgehead atoms. The van der Waals surface area contributed by atoms with Crippen LogP contribution in [0.4, 0.5) is 13.2 Å². The SMILES string of the molecule is COc1cccc(C2/C(=C(\O)c3ccc(C)cc3)C(=O)C(=O)N2Cc2cccc(C(F)(F)F)c2)c1. The first-order valence-corrected chi connectivity index (χ1v) is 10.8. The number of alkyl halides is 3. The normalized spacial score (nSPS) is 17.6. The Hall–Kier alpha value is -4.07. The monoisotopic (exact) mass is 481 g/mol. The van der Waals surface area contributed by atoms with Gasteiger partial charge < -0.3 is 14.7 Å². The van der Waals surface area contributed by atoms with E-state index < -0.39 is 29.5 Å². The number of ketones is 1. The number of nitrogens with zero attached hydrogens (tertiary/aromatic N) is 1. The number of methoxy groups -OCH3 is 1. The van der Waals surface area contributed by atoms with Gasteiger partial charge in [0.2, 0.25) is 0 Å². The molecule has 8 heteroatoms. The number of carbonyl (C=O) groups excluding carboxylic acids is 2. The van der Waals surface area contributed by atoms with E-state index in [9.17, 15) is 27.9 Å². The van der Waals surface area contributed by atoms with Crippen molar-refractivity contribution in [3.8, 4) is 5.75 Å². The number of aryl methyl sites for hydroxylation is 1. The van der Waals surface area contributed by atoms with Gasteiger partial charge in [-0.3, -0.25) is 9.59 Å². The molecule has 1 aliphatic heterocycles. The van der Waals surface area contributed by atoms with Crippen LogP contribution in [0.2, 0.25) is 0 Å². The quantitative estimate of drug-likeness (QED) is 0.291. The first-order valence-electron chi connectivity index (χ1n) is 10.8. The maximum Gasteiger partial charge on any atom is 0.416 e. The zero-order valence-electron chi connectivity index (χ0n) is 19.0. The highest BCUT2D eigenvalue weighted by Crippen LogP contribution is 2.41. The van der Waals surface area contributed by atoms with Crippen molar-refractivity contribution in [1.29, 1.82) is 0 Å². The van der Waals surface area contributed by atoms with E-state index in [0.29, 0.717) is 16.9 Å². The zero-order valence-corrected chi connectivity index (χ0v) is 19.0. The van der Waals surface area contributed by atoms with Crippen molar-refractivity contribution in [3.63, 3.8) is 0 Å². The van der Waals surface area contributed by atoms with Crippen LogP contribution < -0.4 is 4.74 Å².